The summed E-state index contributed by atoms with van der Waals surface area (Å²) in [6, 6.07) is -0.587. The van der Waals surface area contributed by atoms with Gasteiger partial charge in [-0.3, -0.25) is 19.3 Å². The lowest BCUT2D eigenvalue weighted by Gasteiger charge is -2.34. The number of primary amides is 1. The average Bonchev–Trinajstić information content (AvgIpc) is 2.70. The van der Waals surface area contributed by atoms with Crippen molar-refractivity contribution < 1.29 is 23.9 Å². The Morgan fingerprint density at radius 1 is 1.36 bits per heavy atom. The van der Waals surface area contributed by atoms with Crippen molar-refractivity contribution in [3.63, 3.8) is 0 Å². The van der Waals surface area contributed by atoms with Crippen LogP contribution in [0.15, 0.2) is 0 Å². The van der Waals surface area contributed by atoms with E-state index in [9.17, 15) is 19.2 Å². The molecule has 1 saturated heterocycles. The van der Waals surface area contributed by atoms with E-state index in [4.69, 9.17) is 5.73 Å². The van der Waals surface area contributed by atoms with E-state index in [1.165, 1.54) is 0 Å². The predicted octanol–water partition coefficient (Wildman–Crippen LogP) is -0.0943. The van der Waals surface area contributed by atoms with Gasteiger partial charge in [-0.1, -0.05) is 13.3 Å². The lowest BCUT2D eigenvalue weighted by molar-refractivity contribution is -0.150. The third-order valence-electron chi connectivity index (χ3n) is 4.44. The van der Waals surface area contributed by atoms with Gasteiger partial charge in [0, 0.05) is 0 Å². The Balaban J connectivity index is 1.97. The molecule has 0 bridgehead atoms. The molecule has 0 aromatic carbocycles. The van der Waals surface area contributed by atoms with E-state index in [1.807, 2.05) is 0 Å². The van der Waals surface area contributed by atoms with Crippen LogP contribution in [-0.4, -0.2) is 47.4 Å². The molecule has 0 radical (unpaired) electrons. The lowest BCUT2D eigenvalue weighted by atomic mass is 9.75. The minimum absolute atomic E-state index is 0.386. The summed E-state index contributed by atoms with van der Waals surface area (Å²) in [5, 5.41) is 2.72. The first kappa shape index (κ1) is 16.3. The lowest BCUT2D eigenvalue weighted by Crippen LogP contribution is -2.49. The van der Waals surface area contributed by atoms with Gasteiger partial charge in [-0.05, 0) is 31.6 Å². The fourth-order valence-electron chi connectivity index (χ4n) is 3.06. The van der Waals surface area contributed by atoms with Crippen LogP contribution in [0.1, 0.15) is 39.0 Å². The molecule has 8 heteroatoms. The number of rotatable bonds is 5. The van der Waals surface area contributed by atoms with Crippen LogP contribution in [0, 0.1) is 5.92 Å². The molecule has 1 heterocycles. The number of carbonyl (C=O) groups is 4. The Hall–Kier alpha value is -2.12. The zero-order valence-electron chi connectivity index (χ0n) is 12.6. The maximum absolute atomic E-state index is 12.5. The zero-order chi connectivity index (χ0) is 16.3. The van der Waals surface area contributed by atoms with Gasteiger partial charge in [0.05, 0.1) is 0 Å². The molecule has 22 heavy (non-hydrogen) atoms. The van der Waals surface area contributed by atoms with Crippen LogP contribution < -0.4 is 11.1 Å². The summed E-state index contributed by atoms with van der Waals surface area (Å²) in [4.78, 5) is 47.5. The molecule has 2 aliphatic rings. The minimum Gasteiger partial charge on any atom is -0.454 e. The average molecular weight is 311 g/mol. The highest BCUT2D eigenvalue weighted by Gasteiger charge is 2.52. The van der Waals surface area contributed by atoms with Crippen molar-refractivity contribution in [2.75, 3.05) is 13.2 Å². The predicted molar refractivity (Wildman–Crippen MR) is 75.4 cm³/mol. The maximum Gasteiger partial charge on any atom is 0.326 e. The third kappa shape index (κ3) is 3.20. The molecule has 2 rings (SSSR count). The van der Waals surface area contributed by atoms with Gasteiger partial charge in [0.15, 0.2) is 6.61 Å². The van der Waals surface area contributed by atoms with Crippen molar-refractivity contribution >= 4 is 23.8 Å². The number of carbonyl (C=O) groups excluding carboxylic acids is 4. The molecule has 4 amide bonds. The van der Waals surface area contributed by atoms with Crippen LogP contribution in [0.5, 0.6) is 0 Å². The first-order valence-electron chi connectivity index (χ1n) is 7.46. The fourth-order valence-corrected chi connectivity index (χ4v) is 3.06. The van der Waals surface area contributed by atoms with Crippen molar-refractivity contribution in [1.82, 2.24) is 10.2 Å². The first-order valence-corrected chi connectivity index (χ1v) is 7.46. The van der Waals surface area contributed by atoms with Crippen molar-refractivity contribution in [1.29, 1.82) is 0 Å². The number of nitrogens with two attached hydrogens (primary N) is 1. The van der Waals surface area contributed by atoms with E-state index >= 15 is 0 Å². The number of imide groups is 1. The smallest absolute Gasteiger partial charge is 0.326 e. The Labute approximate surface area is 128 Å². The van der Waals surface area contributed by atoms with Gasteiger partial charge in [0.25, 0.3) is 11.8 Å². The largest absolute Gasteiger partial charge is 0.454 e. The molecule has 0 atom stereocenters. The summed E-state index contributed by atoms with van der Waals surface area (Å²) in [5.74, 6) is -1.44. The molecule has 1 aliphatic carbocycles. The van der Waals surface area contributed by atoms with Gasteiger partial charge in [-0.25, -0.2) is 4.79 Å². The summed E-state index contributed by atoms with van der Waals surface area (Å²) in [6.07, 6.45) is 3.98. The second kappa shape index (κ2) is 6.33. The Bertz CT molecular complexity index is 497. The molecule has 1 spiro atoms. The number of hydrogen-bond donors (Lipinski definition) is 2. The summed E-state index contributed by atoms with van der Waals surface area (Å²) in [7, 11) is 0. The number of nitrogens with one attached hydrogen (secondary N) is 1. The zero-order valence-corrected chi connectivity index (χ0v) is 12.6. The number of urea groups is 1. The summed E-state index contributed by atoms with van der Waals surface area (Å²) >= 11 is 0. The molecule has 0 unspecified atom stereocenters. The molecular formula is C14H21N3O5. The topological polar surface area (TPSA) is 119 Å². The van der Waals surface area contributed by atoms with E-state index in [-0.39, 0.29) is 5.91 Å². The van der Waals surface area contributed by atoms with Crippen LogP contribution >= 0.6 is 0 Å². The van der Waals surface area contributed by atoms with E-state index in [0.717, 1.165) is 24.2 Å². The van der Waals surface area contributed by atoms with Crippen LogP contribution in [-0.2, 0) is 19.1 Å². The minimum atomic E-state index is -0.882. The fraction of sp³-hybridized carbons (Fsp3) is 0.714. The van der Waals surface area contributed by atoms with E-state index < -0.39 is 36.6 Å². The molecular weight excluding hydrogens is 290 g/mol. The van der Waals surface area contributed by atoms with E-state index in [2.05, 4.69) is 17.0 Å². The van der Waals surface area contributed by atoms with Crippen molar-refractivity contribution in [3.8, 4) is 0 Å². The summed E-state index contributed by atoms with van der Waals surface area (Å²) in [5.41, 5.74) is 3.98. The van der Waals surface area contributed by atoms with Gasteiger partial charge >= 0.3 is 12.0 Å². The van der Waals surface area contributed by atoms with E-state index in [0.29, 0.717) is 18.8 Å². The Morgan fingerprint density at radius 2 is 2.00 bits per heavy atom. The highest BCUT2D eigenvalue weighted by Crippen LogP contribution is 2.37. The number of hydrogen-bond acceptors (Lipinski definition) is 5. The van der Waals surface area contributed by atoms with Crippen molar-refractivity contribution in [3.05, 3.63) is 0 Å². The molecule has 0 aromatic heterocycles. The highest BCUT2D eigenvalue weighted by atomic mass is 16.5. The molecule has 2 fully saturated rings. The number of amides is 4. The molecule has 8 nitrogen and oxygen atoms in total. The number of nitrogens with zero attached hydrogens (tertiary/aromatic N) is 1. The molecule has 0 aromatic rings. The monoisotopic (exact) mass is 311 g/mol. The summed E-state index contributed by atoms with van der Waals surface area (Å²) in [6.45, 7) is 1.04. The van der Waals surface area contributed by atoms with Crippen LogP contribution in [0.3, 0.4) is 0 Å². The molecule has 3 N–H and O–H groups in total. The van der Waals surface area contributed by atoms with Crippen molar-refractivity contribution in [2.24, 2.45) is 11.7 Å². The van der Waals surface area contributed by atoms with E-state index in [1.54, 1.807) is 0 Å². The van der Waals surface area contributed by atoms with Gasteiger partial charge in [0.2, 0.25) is 0 Å². The summed E-state index contributed by atoms with van der Waals surface area (Å²) < 4.78 is 4.58. The number of esters is 1. The van der Waals surface area contributed by atoms with Crippen LogP contribution in [0.2, 0.25) is 0 Å². The second-order valence-corrected chi connectivity index (χ2v) is 5.88. The molecule has 1 saturated carbocycles. The van der Waals surface area contributed by atoms with Gasteiger partial charge in [0.1, 0.15) is 12.1 Å². The second-order valence-electron chi connectivity index (χ2n) is 5.88. The third-order valence-corrected chi connectivity index (χ3v) is 4.44. The standard InChI is InChI=1S/C14H21N3O5/c1-2-9-3-5-14(6-4-9)12(20)17(13(21)16-14)7-11(19)22-8-10(15)18/h9H,2-8H2,1H3,(H2,15,18)(H,16,21). The maximum atomic E-state index is 12.5. The van der Waals surface area contributed by atoms with Crippen LogP contribution in [0.25, 0.3) is 0 Å². The highest BCUT2D eigenvalue weighted by molar-refractivity contribution is 6.08. The molecule has 122 valence electrons. The van der Waals surface area contributed by atoms with Crippen molar-refractivity contribution in [2.45, 2.75) is 44.6 Å². The molecule has 1 aliphatic heterocycles. The van der Waals surface area contributed by atoms with Crippen LogP contribution in [0.4, 0.5) is 4.79 Å². The van der Waals surface area contributed by atoms with Gasteiger partial charge in [-0.2, -0.15) is 0 Å². The first-order chi connectivity index (χ1) is 10.4. The number of ether oxygens (including phenoxy) is 1. The van der Waals surface area contributed by atoms with Gasteiger partial charge in [-0.15, -0.1) is 0 Å². The Kier molecular flexibility index (Phi) is 4.68. The quantitative estimate of drug-likeness (QED) is 0.543. The van der Waals surface area contributed by atoms with Gasteiger partial charge < -0.3 is 15.8 Å². The normalized spacial score (nSPS) is 27.9. The Morgan fingerprint density at radius 3 is 2.55 bits per heavy atom. The SMILES string of the molecule is CCC1CCC2(CC1)NC(=O)N(CC(=O)OCC(N)=O)C2=O.